The predicted octanol–water partition coefficient (Wildman–Crippen LogP) is 1.57. The maximum atomic E-state index is 13.6. The van der Waals surface area contributed by atoms with Gasteiger partial charge in [-0.2, -0.15) is 0 Å². The van der Waals surface area contributed by atoms with Crippen molar-refractivity contribution < 1.29 is 23.8 Å². The molecule has 0 aliphatic carbocycles. The standard InChI is InChI=1S/C14H16FNO4/c1-9(20-2)14(19)16-8-11-7-10(3-5-12(11)15)4-6-13(17)18/h3-7,9H,8H2,1-2H3,(H,16,19)(H,17,18)/b6-4+. The third-order valence-electron chi connectivity index (χ3n) is 2.66. The van der Waals surface area contributed by atoms with Crippen LogP contribution in [0.25, 0.3) is 6.08 Å². The minimum Gasteiger partial charge on any atom is -0.478 e. The van der Waals surface area contributed by atoms with E-state index in [4.69, 9.17) is 9.84 Å². The van der Waals surface area contributed by atoms with Crippen molar-refractivity contribution in [1.29, 1.82) is 0 Å². The Labute approximate surface area is 116 Å². The van der Waals surface area contributed by atoms with Crippen molar-refractivity contribution in [3.8, 4) is 0 Å². The highest BCUT2D eigenvalue weighted by Crippen LogP contribution is 2.12. The first-order valence-corrected chi connectivity index (χ1v) is 5.94. The molecule has 1 atom stereocenters. The molecule has 0 heterocycles. The van der Waals surface area contributed by atoms with Gasteiger partial charge in [-0.05, 0) is 30.7 Å². The summed E-state index contributed by atoms with van der Waals surface area (Å²) < 4.78 is 18.4. The second-order valence-electron chi connectivity index (χ2n) is 4.12. The second-order valence-corrected chi connectivity index (χ2v) is 4.12. The highest BCUT2D eigenvalue weighted by atomic mass is 19.1. The summed E-state index contributed by atoms with van der Waals surface area (Å²) in [6.07, 6.45) is 1.70. The number of ether oxygens (including phenoxy) is 1. The number of rotatable bonds is 6. The summed E-state index contributed by atoms with van der Waals surface area (Å²) in [7, 11) is 1.40. The summed E-state index contributed by atoms with van der Waals surface area (Å²) in [4.78, 5) is 21.9. The van der Waals surface area contributed by atoms with Crippen LogP contribution < -0.4 is 5.32 Å². The first-order valence-electron chi connectivity index (χ1n) is 5.94. The van der Waals surface area contributed by atoms with Crippen LogP contribution in [0.3, 0.4) is 0 Å². The van der Waals surface area contributed by atoms with Gasteiger partial charge in [0.15, 0.2) is 0 Å². The summed E-state index contributed by atoms with van der Waals surface area (Å²) in [6, 6.07) is 4.16. The zero-order chi connectivity index (χ0) is 15.1. The quantitative estimate of drug-likeness (QED) is 0.776. The number of carboxylic acids is 1. The Hall–Kier alpha value is -2.21. The molecule has 0 saturated heterocycles. The van der Waals surface area contributed by atoms with Crippen molar-refractivity contribution in [2.45, 2.75) is 19.6 Å². The summed E-state index contributed by atoms with van der Waals surface area (Å²) in [5.74, 6) is -1.90. The number of benzene rings is 1. The molecule has 2 N–H and O–H groups in total. The monoisotopic (exact) mass is 281 g/mol. The average molecular weight is 281 g/mol. The van der Waals surface area contributed by atoms with Crippen molar-refractivity contribution in [1.82, 2.24) is 5.32 Å². The van der Waals surface area contributed by atoms with E-state index in [2.05, 4.69) is 5.32 Å². The molecule has 0 radical (unpaired) electrons. The molecule has 6 heteroatoms. The number of aliphatic carboxylic acids is 1. The number of carboxylic acid groups (broad SMARTS) is 1. The fraction of sp³-hybridized carbons (Fsp3) is 0.286. The van der Waals surface area contributed by atoms with Gasteiger partial charge in [-0.15, -0.1) is 0 Å². The van der Waals surface area contributed by atoms with E-state index in [-0.39, 0.29) is 18.0 Å². The fourth-order valence-corrected chi connectivity index (χ4v) is 1.43. The highest BCUT2D eigenvalue weighted by molar-refractivity contribution is 5.85. The Morgan fingerprint density at radius 3 is 2.80 bits per heavy atom. The van der Waals surface area contributed by atoms with Crippen LogP contribution in [0.5, 0.6) is 0 Å². The molecule has 0 spiro atoms. The molecule has 1 amide bonds. The molecule has 0 aromatic heterocycles. The van der Waals surface area contributed by atoms with Crippen LogP contribution in [-0.2, 0) is 20.9 Å². The molecule has 0 aliphatic rings. The lowest BCUT2D eigenvalue weighted by molar-refractivity contribution is -0.131. The van der Waals surface area contributed by atoms with Gasteiger partial charge in [0.2, 0.25) is 5.91 Å². The third kappa shape index (κ3) is 4.81. The van der Waals surface area contributed by atoms with Crippen LogP contribution in [0.2, 0.25) is 0 Å². The van der Waals surface area contributed by atoms with Gasteiger partial charge in [0.1, 0.15) is 11.9 Å². The molecule has 20 heavy (non-hydrogen) atoms. The lowest BCUT2D eigenvalue weighted by Gasteiger charge is -2.11. The van der Waals surface area contributed by atoms with E-state index >= 15 is 0 Å². The second kappa shape index (κ2) is 7.40. The van der Waals surface area contributed by atoms with E-state index in [1.165, 1.54) is 31.4 Å². The van der Waals surface area contributed by atoms with E-state index in [1.54, 1.807) is 6.92 Å². The van der Waals surface area contributed by atoms with E-state index in [0.717, 1.165) is 6.08 Å². The zero-order valence-corrected chi connectivity index (χ0v) is 11.2. The first kappa shape index (κ1) is 15.8. The largest absolute Gasteiger partial charge is 0.478 e. The predicted molar refractivity (Wildman–Crippen MR) is 71.4 cm³/mol. The molecule has 0 saturated carbocycles. The van der Waals surface area contributed by atoms with Gasteiger partial charge in [0, 0.05) is 25.3 Å². The number of nitrogens with one attached hydrogen (secondary N) is 1. The lowest BCUT2D eigenvalue weighted by atomic mass is 10.1. The maximum Gasteiger partial charge on any atom is 0.328 e. The number of hydrogen-bond donors (Lipinski definition) is 2. The van der Waals surface area contributed by atoms with Crippen LogP contribution in [0, 0.1) is 5.82 Å². The topological polar surface area (TPSA) is 75.6 Å². The van der Waals surface area contributed by atoms with Crippen LogP contribution in [-0.4, -0.2) is 30.2 Å². The molecule has 0 bridgehead atoms. The van der Waals surface area contributed by atoms with Crippen LogP contribution in [0.1, 0.15) is 18.1 Å². The van der Waals surface area contributed by atoms with Crippen LogP contribution >= 0.6 is 0 Å². The minimum absolute atomic E-state index is 0.00706. The van der Waals surface area contributed by atoms with Gasteiger partial charge in [0.25, 0.3) is 0 Å². The van der Waals surface area contributed by atoms with E-state index in [9.17, 15) is 14.0 Å². The summed E-state index contributed by atoms with van der Waals surface area (Å²) in [5.41, 5.74) is 0.812. The zero-order valence-electron chi connectivity index (χ0n) is 11.2. The van der Waals surface area contributed by atoms with E-state index in [1.807, 2.05) is 0 Å². The Bertz CT molecular complexity index is 528. The van der Waals surface area contributed by atoms with E-state index in [0.29, 0.717) is 5.56 Å². The normalized spacial score (nSPS) is 12.3. The lowest BCUT2D eigenvalue weighted by Crippen LogP contribution is -2.33. The van der Waals surface area contributed by atoms with E-state index < -0.39 is 17.9 Å². The summed E-state index contributed by atoms with van der Waals surface area (Å²) in [6.45, 7) is 1.59. The number of amides is 1. The van der Waals surface area contributed by atoms with Crippen molar-refractivity contribution in [3.05, 3.63) is 41.2 Å². The van der Waals surface area contributed by atoms with Gasteiger partial charge in [-0.3, -0.25) is 4.79 Å². The number of carbonyl (C=O) groups excluding carboxylic acids is 1. The Balaban J connectivity index is 2.77. The van der Waals surface area contributed by atoms with Crippen molar-refractivity contribution in [3.63, 3.8) is 0 Å². The Morgan fingerprint density at radius 1 is 1.50 bits per heavy atom. The van der Waals surface area contributed by atoms with Gasteiger partial charge in [-0.1, -0.05) is 6.07 Å². The summed E-state index contributed by atoms with van der Waals surface area (Å²) >= 11 is 0. The number of methoxy groups -OCH3 is 1. The average Bonchev–Trinajstić information content (AvgIpc) is 2.43. The van der Waals surface area contributed by atoms with Gasteiger partial charge >= 0.3 is 5.97 Å². The minimum atomic E-state index is -1.09. The molecule has 0 aliphatic heterocycles. The molecule has 1 rings (SSSR count). The van der Waals surface area contributed by atoms with Crippen molar-refractivity contribution in [2.24, 2.45) is 0 Å². The molecule has 108 valence electrons. The molecule has 1 unspecified atom stereocenters. The fourth-order valence-electron chi connectivity index (χ4n) is 1.43. The first-order chi connectivity index (χ1) is 9.43. The van der Waals surface area contributed by atoms with Gasteiger partial charge in [-0.25, -0.2) is 9.18 Å². The maximum absolute atomic E-state index is 13.6. The van der Waals surface area contributed by atoms with Crippen molar-refractivity contribution in [2.75, 3.05) is 7.11 Å². The third-order valence-corrected chi connectivity index (χ3v) is 2.66. The highest BCUT2D eigenvalue weighted by Gasteiger charge is 2.12. The number of hydrogen-bond acceptors (Lipinski definition) is 3. The van der Waals surface area contributed by atoms with Crippen LogP contribution in [0.15, 0.2) is 24.3 Å². The van der Waals surface area contributed by atoms with Crippen molar-refractivity contribution >= 4 is 18.0 Å². The summed E-state index contributed by atoms with van der Waals surface area (Å²) in [5, 5.41) is 11.1. The SMILES string of the molecule is COC(C)C(=O)NCc1cc(/C=C/C(=O)O)ccc1F. The smallest absolute Gasteiger partial charge is 0.328 e. The van der Waals surface area contributed by atoms with Gasteiger partial charge in [0.05, 0.1) is 0 Å². The molecular formula is C14H16FNO4. The Morgan fingerprint density at radius 2 is 2.20 bits per heavy atom. The molecule has 1 aromatic rings. The Kier molecular flexibility index (Phi) is 5.86. The van der Waals surface area contributed by atoms with Gasteiger partial charge < -0.3 is 15.2 Å². The molecule has 1 aromatic carbocycles. The number of carbonyl (C=O) groups is 2. The molecule has 0 fully saturated rings. The van der Waals surface area contributed by atoms with Crippen LogP contribution in [0.4, 0.5) is 4.39 Å². The number of halogens is 1. The molecule has 5 nitrogen and oxygen atoms in total. The molecular weight excluding hydrogens is 265 g/mol.